The Kier molecular flexibility index (Phi) is 6.03. The van der Waals surface area contributed by atoms with Gasteiger partial charge >= 0.3 is 0 Å². The predicted molar refractivity (Wildman–Crippen MR) is 61.1 cm³/mol. The molecule has 1 N–H and O–H groups in total. The molecule has 0 radical (unpaired) electrons. The van der Waals surface area contributed by atoms with Gasteiger partial charge in [-0.3, -0.25) is 4.68 Å². The highest BCUT2D eigenvalue weighted by Gasteiger charge is 2.10. The fourth-order valence-corrected chi connectivity index (χ4v) is 1.52. The summed E-state index contributed by atoms with van der Waals surface area (Å²) in [7, 11) is 0. The Labute approximate surface area is 96.5 Å². The molecular formula is C11H21N3O2. The number of nitrogens with zero attached hydrogens (tertiary/aromatic N) is 3. The molecule has 5 nitrogen and oxygen atoms in total. The first-order chi connectivity index (χ1) is 7.77. The summed E-state index contributed by atoms with van der Waals surface area (Å²) in [5.74, 6) is 0.853. The van der Waals surface area contributed by atoms with Crippen molar-refractivity contribution in [2.75, 3.05) is 13.2 Å². The lowest BCUT2D eigenvalue weighted by molar-refractivity contribution is 0.0872. The first kappa shape index (κ1) is 13.1. The van der Waals surface area contributed by atoms with E-state index in [4.69, 9.17) is 4.74 Å². The van der Waals surface area contributed by atoms with Gasteiger partial charge in [0.25, 0.3) is 0 Å². The molecule has 1 unspecified atom stereocenters. The van der Waals surface area contributed by atoms with Crippen LogP contribution in [0.4, 0.5) is 0 Å². The second-order valence-electron chi connectivity index (χ2n) is 3.74. The molecule has 1 atom stereocenters. The molecule has 0 saturated carbocycles. The summed E-state index contributed by atoms with van der Waals surface area (Å²) in [4.78, 5) is 4.15. The molecule has 0 aliphatic rings. The third-order valence-corrected chi connectivity index (χ3v) is 2.35. The van der Waals surface area contributed by atoms with Crippen LogP contribution in [0.5, 0.6) is 0 Å². The minimum atomic E-state index is -0.397. The molecule has 1 aromatic heterocycles. The van der Waals surface area contributed by atoms with Gasteiger partial charge in [-0.1, -0.05) is 6.92 Å². The van der Waals surface area contributed by atoms with Gasteiger partial charge < -0.3 is 9.84 Å². The van der Waals surface area contributed by atoms with E-state index in [-0.39, 0.29) is 0 Å². The number of aliphatic hydroxyl groups excluding tert-OH is 1. The fourth-order valence-electron chi connectivity index (χ4n) is 1.52. The zero-order valence-corrected chi connectivity index (χ0v) is 10.1. The van der Waals surface area contributed by atoms with Crippen LogP contribution < -0.4 is 0 Å². The van der Waals surface area contributed by atoms with Gasteiger partial charge in [0.05, 0.1) is 6.10 Å². The molecule has 0 amide bonds. The van der Waals surface area contributed by atoms with Crippen molar-refractivity contribution in [1.29, 1.82) is 0 Å². The van der Waals surface area contributed by atoms with Gasteiger partial charge in [-0.2, -0.15) is 5.10 Å². The average Bonchev–Trinajstić information content (AvgIpc) is 2.67. The normalized spacial score (nSPS) is 12.9. The van der Waals surface area contributed by atoms with Crippen molar-refractivity contribution in [3.8, 4) is 0 Å². The first-order valence-electron chi connectivity index (χ1n) is 5.90. The van der Waals surface area contributed by atoms with Crippen LogP contribution in [0.2, 0.25) is 0 Å². The van der Waals surface area contributed by atoms with Crippen molar-refractivity contribution in [3.63, 3.8) is 0 Å². The summed E-state index contributed by atoms with van der Waals surface area (Å²) in [6.07, 6.45) is 3.36. The Morgan fingerprint density at radius 3 is 3.00 bits per heavy atom. The second-order valence-corrected chi connectivity index (χ2v) is 3.74. The zero-order chi connectivity index (χ0) is 11.8. The molecule has 0 aliphatic carbocycles. The maximum Gasteiger partial charge on any atom is 0.138 e. The van der Waals surface area contributed by atoms with Gasteiger partial charge in [0.15, 0.2) is 0 Å². The lowest BCUT2D eigenvalue weighted by Crippen LogP contribution is -2.17. The van der Waals surface area contributed by atoms with E-state index in [1.165, 1.54) is 0 Å². The lowest BCUT2D eigenvalue weighted by Gasteiger charge is -2.10. The molecule has 5 heteroatoms. The molecule has 1 aromatic rings. The van der Waals surface area contributed by atoms with Gasteiger partial charge in [0, 0.05) is 26.2 Å². The Balaban J connectivity index is 2.36. The molecule has 1 heterocycles. The third kappa shape index (κ3) is 4.28. The Bertz CT molecular complexity index is 289. The Morgan fingerprint density at radius 1 is 1.50 bits per heavy atom. The number of ether oxygens (including phenoxy) is 1. The van der Waals surface area contributed by atoms with Crippen molar-refractivity contribution in [3.05, 3.63) is 12.2 Å². The predicted octanol–water partition coefficient (Wildman–Crippen LogP) is 1.02. The van der Waals surface area contributed by atoms with E-state index in [0.717, 1.165) is 18.8 Å². The number of hydrogen-bond donors (Lipinski definition) is 1. The van der Waals surface area contributed by atoms with Crippen LogP contribution in [-0.4, -0.2) is 39.2 Å². The van der Waals surface area contributed by atoms with Crippen molar-refractivity contribution in [1.82, 2.24) is 14.8 Å². The highest BCUT2D eigenvalue weighted by molar-refractivity contribution is 4.87. The maximum atomic E-state index is 9.78. The molecule has 1 rings (SSSR count). The van der Waals surface area contributed by atoms with E-state index >= 15 is 0 Å². The second kappa shape index (κ2) is 7.35. The fraction of sp³-hybridized carbons (Fsp3) is 0.818. The van der Waals surface area contributed by atoms with Crippen LogP contribution >= 0.6 is 0 Å². The highest BCUT2D eigenvalue weighted by Crippen LogP contribution is 2.04. The van der Waals surface area contributed by atoms with Gasteiger partial charge in [-0.25, -0.2) is 4.98 Å². The number of aliphatic hydroxyl groups is 1. The van der Waals surface area contributed by atoms with Crippen LogP contribution in [0.3, 0.4) is 0 Å². The van der Waals surface area contributed by atoms with E-state index in [1.54, 1.807) is 6.33 Å². The lowest BCUT2D eigenvalue weighted by atomic mass is 10.2. The van der Waals surface area contributed by atoms with E-state index in [1.807, 2.05) is 11.6 Å². The van der Waals surface area contributed by atoms with Crippen LogP contribution in [0, 0.1) is 0 Å². The van der Waals surface area contributed by atoms with Gasteiger partial charge in [0.2, 0.25) is 0 Å². The number of aromatic nitrogens is 3. The van der Waals surface area contributed by atoms with Crippen molar-refractivity contribution in [2.24, 2.45) is 0 Å². The average molecular weight is 227 g/mol. The van der Waals surface area contributed by atoms with Gasteiger partial charge in [0.1, 0.15) is 12.2 Å². The zero-order valence-electron chi connectivity index (χ0n) is 10.1. The van der Waals surface area contributed by atoms with Crippen LogP contribution in [0.1, 0.15) is 32.5 Å². The molecule has 0 fully saturated rings. The molecule has 0 aromatic carbocycles. The summed E-state index contributed by atoms with van der Waals surface area (Å²) in [6.45, 7) is 6.19. The molecule has 0 spiro atoms. The number of rotatable bonds is 8. The summed E-state index contributed by atoms with van der Waals surface area (Å²) in [5, 5.41) is 13.9. The van der Waals surface area contributed by atoms with Crippen molar-refractivity contribution in [2.45, 2.75) is 45.8 Å². The topological polar surface area (TPSA) is 60.2 Å². The van der Waals surface area contributed by atoms with Crippen LogP contribution in [0.15, 0.2) is 6.33 Å². The maximum absolute atomic E-state index is 9.78. The molecular weight excluding hydrogens is 206 g/mol. The molecule has 0 saturated heterocycles. The highest BCUT2D eigenvalue weighted by atomic mass is 16.5. The van der Waals surface area contributed by atoms with Crippen LogP contribution in [-0.2, 0) is 17.7 Å². The van der Waals surface area contributed by atoms with Gasteiger partial charge in [-0.05, 0) is 19.8 Å². The third-order valence-electron chi connectivity index (χ3n) is 2.35. The van der Waals surface area contributed by atoms with Crippen LogP contribution in [0.25, 0.3) is 0 Å². The molecule has 92 valence electrons. The molecule has 0 bridgehead atoms. The Morgan fingerprint density at radius 2 is 2.31 bits per heavy atom. The van der Waals surface area contributed by atoms with Crippen molar-refractivity contribution < 1.29 is 9.84 Å². The molecule has 0 aliphatic heterocycles. The van der Waals surface area contributed by atoms with Crippen molar-refractivity contribution >= 4 is 0 Å². The van der Waals surface area contributed by atoms with E-state index in [9.17, 15) is 5.11 Å². The summed E-state index contributed by atoms with van der Waals surface area (Å²) in [5.41, 5.74) is 0. The largest absolute Gasteiger partial charge is 0.393 e. The SMILES string of the molecule is CCCn1ncnc1CC(O)CCOCC. The number of aryl methyl sites for hydroxylation is 1. The van der Waals surface area contributed by atoms with E-state index < -0.39 is 6.10 Å². The summed E-state index contributed by atoms with van der Waals surface area (Å²) < 4.78 is 7.05. The summed E-state index contributed by atoms with van der Waals surface area (Å²) >= 11 is 0. The quantitative estimate of drug-likeness (QED) is 0.674. The first-order valence-corrected chi connectivity index (χ1v) is 5.90. The Hall–Kier alpha value is -0.940. The molecule has 16 heavy (non-hydrogen) atoms. The minimum Gasteiger partial charge on any atom is -0.393 e. The van der Waals surface area contributed by atoms with Gasteiger partial charge in [-0.15, -0.1) is 0 Å². The standard InChI is InChI=1S/C11H21N3O2/c1-3-6-14-11(12-9-13-14)8-10(15)5-7-16-4-2/h9-10,15H,3-8H2,1-2H3. The smallest absolute Gasteiger partial charge is 0.138 e. The van der Waals surface area contributed by atoms with E-state index in [2.05, 4.69) is 17.0 Å². The number of hydrogen-bond acceptors (Lipinski definition) is 4. The summed E-state index contributed by atoms with van der Waals surface area (Å²) in [6, 6.07) is 0. The monoisotopic (exact) mass is 227 g/mol. The van der Waals surface area contributed by atoms with E-state index in [0.29, 0.717) is 26.1 Å². The minimum absolute atomic E-state index is 0.397.